The van der Waals surface area contributed by atoms with Gasteiger partial charge in [-0.1, -0.05) is 34.6 Å². The molecule has 4 aromatic rings. The molecule has 0 spiro atoms. The molecule has 0 atom stereocenters. The van der Waals surface area contributed by atoms with Crippen molar-refractivity contribution in [2.75, 3.05) is 5.32 Å². The lowest BCUT2D eigenvalue weighted by molar-refractivity contribution is -0.116. The maximum absolute atomic E-state index is 12.2. The van der Waals surface area contributed by atoms with Crippen molar-refractivity contribution in [3.05, 3.63) is 63.8 Å². The van der Waals surface area contributed by atoms with Crippen LogP contribution in [0.4, 0.5) is 5.69 Å². The summed E-state index contributed by atoms with van der Waals surface area (Å²) in [5.74, 6) is 1.39. The van der Waals surface area contributed by atoms with Crippen LogP contribution in [0.2, 0.25) is 5.02 Å². The van der Waals surface area contributed by atoms with E-state index in [0.717, 1.165) is 21.8 Å². The van der Waals surface area contributed by atoms with E-state index in [1.165, 1.54) is 22.9 Å². The number of aromatic nitrogens is 4. The number of anilines is 1. The topological polar surface area (TPSA) is 96.7 Å². The number of fused-ring (bicyclic) bond motifs is 1. The Bertz CT molecular complexity index is 1210. The molecule has 1 amide bonds. The SMILES string of the molecule is Cc1cc2nc(SCc3noc(CCC(=O)Nc4cc(Cl)ccc4C)n3)[nH]c2cc1C. The Morgan fingerprint density at radius 1 is 1.13 bits per heavy atom. The zero-order chi connectivity index (χ0) is 22.0. The Hall–Kier alpha value is -2.84. The number of hydrogen-bond donors (Lipinski definition) is 2. The molecule has 0 unspecified atom stereocenters. The number of H-pyrrole nitrogens is 1. The largest absolute Gasteiger partial charge is 0.339 e. The van der Waals surface area contributed by atoms with Crippen LogP contribution in [0.5, 0.6) is 0 Å². The first-order chi connectivity index (χ1) is 14.9. The lowest BCUT2D eigenvalue weighted by Crippen LogP contribution is -2.13. The van der Waals surface area contributed by atoms with E-state index in [1.54, 1.807) is 12.1 Å². The van der Waals surface area contributed by atoms with Gasteiger partial charge in [0.2, 0.25) is 11.8 Å². The molecule has 0 saturated heterocycles. The standard InChI is InChI=1S/C22H22ClN5O2S/c1-12-4-5-15(23)10-16(12)24-20(29)6-7-21-27-19(28-30-21)11-31-22-25-17-8-13(2)14(3)9-18(17)26-22/h4-5,8-10H,6-7,11H2,1-3H3,(H,24,29)(H,25,26). The minimum absolute atomic E-state index is 0.132. The highest BCUT2D eigenvalue weighted by Gasteiger charge is 2.12. The van der Waals surface area contributed by atoms with Gasteiger partial charge in [0.25, 0.3) is 0 Å². The van der Waals surface area contributed by atoms with Crippen molar-refractivity contribution in [3.8, 4) is 0 Å². The van der Waals surface area contributed by atoms with Gasteiger partial charge < -0.3 is 14.8 Å². The van der Waals surface area contributed by atoms with Crippen molar-refractivity contribution in [1.82, 2.24) is 20.1 Å². The predicted octanol–water partition coefficient (Wildman–Crippen LogP) is 5.39. The summed E-state index contributed by atoms with van der Waals surface area (Å²) in [5, 5.41) is 8.26. The van der Waals surface area contributed by atoms with E-state index in [4.69, 9.17) is 16.1 Å². The number of nitrogens with one attached hydrogen (secondary N) is 2. The molecule has 0 radical (unpaired) electrons. The van der Waals surface area contributed by atoms with Crippen LogP contribution >= 0.6 is 23.4 Å². The highest BCUT2D eigenvalue weighted by Crippen LogP contribution is 2.24. The van der Waals surface area contributed by atoms with E-state index >= 15 is 0 Å². The smallest absolute Gasteiger partial charge is 0.227 e. The zero-order valence-electron chi connectivity index (χ0n) is 17.5. The van der Waals surface area contributed by atoms with Gasteiger partial charge in [0.15, 0.2) is 11.0 Å². The van der Waals surface area contributed by atoms with E-state index in [0.29, 0.717) is 34.6 Å². The number of benzene rings is 2. The monoisotopic (exact) mass is 455 g/mol. The maximum Gasteiger partial charge on any atom is 0.227 e. The molecule has 160 valence electrons. The molecule has 4 rings (SSSR count). The van der Waals surface area contributed by atoms with E-state index < -0.39 is 0 Å². The van der Waals surface area contributed by atoms with Gasteiger partial charge in [-0.05, 0) is 61.7 Å². The fourth-order valence-corrected chi connectivity index (χ4v) is 3.96. The van der Waals surface area contributed by atoms with E-state index in [1.807, 2.05) is 13.0 Å². The second-order valence-electron chi connectivity index (χ2n) is 7.40. The van der Waals surface area contributed by atoms with Crippen LogP contribution in [0.15, 0.2) is 40.0 Å². The fraction of sp³-hybridized carbons (Fsp3) is 0.273. The van der Waals surface area contributed by atoms with Gasteiger partial charge in [0.1, 0.15) is 0 Å². The predicted molar refractivity (Wildman–Crippen MR) is 123 cm³/mol. The van der Waals surface area contributed by atoms with Crippen LogP contribution < -0.4 is 5.32 Å². The molecule has 7 nitrogen and oxygen atoms in total. The second kappa shape index (κ2) is 9.11. The number of carbonyl (C=O) groups excluding carboxylic acids is 1. The number of aryl methyl sites for hydroxylation is 4. The number of aromatic amines is 1. The summed E-state index contributed by atoms with van der Waals surface area (Å²) < 4.78 is 5.28. The summed E-state index contributed by atoms with van der Waals surface area (Å²) in [4.78, 5) is 24.5. The minimum atomic E-state index is -0.132. The summed E-state index contributed by atoms with van der Waals surface area (Å²) in [5.41, 5.74) is 6.06. The Morgan fingerprint density at radius 2 is 1.94 bits per heavy atom. The second-order valence-corrected chi connectivity index (χ2v) is 8.80. The first-order valence-electron chi connectivity index (χ1n) is 9.84. The quantitative estimate of drug-likeness (QED) is 0.363. The van der Waals surface area contributed by atoms with Gasteiger partial charge in [0.05, 0.1) is 16.8 Å². The highest BCUT2D eigenvalue weighted by atomic mass is 35.5. The molecule has 0 aliphatic carbocycles. The number of thioether (sulfide) groups is 1. The first kappa shape index (κ1) is 21.4. The summed E-state index contributed by atoms with van der Waals surface area (Å²) in [6.45, 7) is 6.07. The van der Waals surface area contributed by atoms with Crippen molar-refractivity contribution in [2.45, 2.75) is 44.5 Å². The van der Waals surface area contributed by atoms with Crippen LogP contribution in [0, 0.1) is 20.8 Å². The highest BCUT2D eigenvalue weighted by molar-refractivity contribution is 7.98. The van der Waals surface area contributed by atoms with Crippen molar-refractivity contribution >= 4 is 46.0 Å². The van der Waals surface area contributed by atoms with E-state index in [2.05, 4.69) is 51.4 Å². The average molecular weight is 456 g/mol. The normalized spacial score (nSPS) is 11.2. The molecule has 0 saturated carbocycles. The van der Waals surface area contributed by atoms with Crippen molar-refractivity contribution in [1.29, 1.82) is 0 Å². The maximum atomic E-state index is 12.2. The van der Waals surface area contributed by atoms with Gasteiger partial charge in [-0.3, -0.25) is 4.79 Å². The van der Waals surface area contributed by atoms with Crippen LogP contribution in [0.1, 0.15) is 34.8 Å². The third-order valence-electron chi connectivity index (χ3n) is 4.96. The number of halogens is 1. The van der Waals surface area contributed by atoms with Crippen LogP contribution in [-0.2, 0) is 17.0 Å². The number of rotatable bonds is 7. The molecule has 0 fully saturated rings. The number of imidazole rings is 1. The molecule has 2 aromatic heterocycles. The van der Waals surface area contributed by atoms with Crippen molar-refractivity contribution < 1.29 is 9.32 Å². The molecule has 0 aliphatic heterocycles. The molecule has 0 bridgehead atoms. The molecular weight excluding hydrogens is 434 g/mol. The Labute approximate surface area is 189 Å². The fourth-order valence-electron chi connectivity index (χ4n) is 3.06. The summed E-state index contributed by atoms with van der Waals surface area (Å²) >= 11 is 7.50. The molecular formula is C22H22ClN5O2S. The Morgan fingerprint density at radius 3 is 2.77 bits per heavy atom. The average Bonchev–Trinajstić information content (AvgIpc) is 3.34. The molecule has 2 aromatic carbocycles. The third-order valence-corrected chi connectivity index (χ3v) is 6.07. The number of hydrogen-bond acceptors (Lipinski definition) is 6. The van der Waals surface area contributed by atoms with Crippen molar-refractivity contribution in [3.63, 3.8) is 0 Å². The zero-order valence-corrected chi connectivity index (χ0v) is 19.0. The number of amides is 1. The minimum Gasteiger partial charge on any atom is -0.339 e. The number of nitrogens with zero attached hydrogens (tertiary/aromatic N) is 3. The molecule has 31 heavy (non-hydrogen) atoms. The van der Waals surface area contributed by atoms with Crippen LogP contribution in [0.3, 0.4) is 0 Å². The van der Waals surface area contributed by atoms with Gasteiger partial charge in [-0.15, -0.1) is 0 Å². The Kier molecular flexibility index (Phi) is 6.29. The summed E-state index contributed by atoms with van der Waals surface area (Å²) in [6, 6.07) is 9.57. The molecule has 0 aliphatic rings. The van der Waals surface area contributed by atoms with Crippen LogP contribution in [-0.4, -0.2) is 26.0 Å². The van der Waals surface area contributed by atoms with Gasteiger partial charge in [-0.25, -0.2) is 4.98 Å². The summed E-state index contributed by atoms with van der Waals surface area (Å²) in [6.07, 6.45) is 0.606. The lowest BCUT2D eigenvalue weighted by Gasteiger charge is -2.08. The van der Waals surface area contributed by atoms with Crippen LogP contribution in [0.25, 0.3) is 11.0 Å². The first-order valence-corrected chi connectivity index (χ1v) is 11.2. The van der Waals surface area contributed by atoms with Gasteiger partial charge in [0, 0.05) is 23.6 Å². The van der Waals surface area contributed by atoms with E-state index in [-0.39, 0.29) is 12.3 Å². The molecule has 2 heterocycles. The Balaban J connectivity index is 1.30. The molecule has 9 heteroatoms. The molecule has 2 N–H and O–H groups in total. The third kappa shape index (κ3) is 5.26. The summed E-state index contributed by atoms with van der Waals surface area (Å²) in [7, 11) is 0. The number of carbonyl (C=O) groups is 1. The van der Waals surface area contributed by atoms with Gasteiger partial charge >= 0.3 is 0 Å². The van der Waals surface area contributed by atoms with Crippen molar-refractivity contribution in [2.24, 2.45) is 0 Å². The van der Waals surface area contributed by atoms with Gasteiger partial charge in [-0.2, -0.15) is 4.98 Å². The van der Waals surface area contributed by atoms with E-state index in [9.17, 15) is 4.79 Å². The lowest BCUT2D eigenvalue weighted by atomic mass is 10.1.